The molecule has 38 heavy (non-hydrogen) atoms. The standard InChI is InChI=1S/C28H31Cl2N3O4S/c1-4-25(28(35)31-5-2)32(18-21-11-13-22(29)14-12-21)27(34)19-33(26-16-15-23(30)17-20(26)3)38(36,37)24-9-7-6-8-10-24/h6-17,25H,4-5,18-19H2,1-3H3,(H,31,35)/t25-/m1/s1. The molecule has 3 aromatic rings. The Labute approximate surface area is 234 Å². The molecule has 1 N–H and O–H groups in total. The van der Waals surface area contributed by atoms with Crippen molar-refractivity contribution in [2.75, 3.05) is 17.4 Å². The molecule has 0 saturated carbocycles. The van der Waals surface area contributed by atoms with Crippen LogP contribution in [0.2, 0.25) is 10.0 Å². The van der Waals surface area contributed by atoms with Gasteiger partial charge >= 0.3 is 0 Å². The summed E-state index contributed by atoms with van der Waals surface area (Å²) in [4.78, 5) is 28.4. The van der Waals surface area contributed by atoms with Crippen LogP contribution >= 0.6 is 23.2 Å². The lowest BCUT2D eigenvalue weighted by Crippen LogP contribution is -2.52. The van der Waals surface area contributed by atoms with Crippen molar-refractivity contribution in [1.29, 1.82) is 0 Å². The molecule has 0 aliphatic carbocycles. The predicted molar refractivity (Wildman–Crippen MR) is 152 cm³/mol. The van der Waals surface area contributed by atoms with Gasteiger partial charge in [-0.3, -0.25) is 13.9 Å². The molecule has 202 valence electrons. The molecule has 0 aliphatic heterocycles. The van der Waals surface area contributed by atoms with Gasteiger partial charge in [0.25, 0.3) is 10.0 Å². The maximum Gasteiger partial charge on any atom is 0.264 e. The first-order valence-electron chi connectivity index (χ1n) is 12.2. The van der Waals surface area contributed by atoms with E-state index in [4.69, 9.17) is 23.2 Å². The molecular formula is C28H31Cl2N3O4S. The molecule has 1 atom stereocenters. The number of anilines is 1. The van der Waals surface area contributed by atoms with Crippen LogP contribution in [-0.4, -0.2) is 44.3 Å². The average Bonchev–Trinajstić information content (AvgIpc) is 2.89. The number of halogens is 2. The molecule has 0 heterocycles. The minimum Gasteiger partial charge on any atom is -0.355 e. The molecule has 0 aromatic heterocycles. The highest BCUT2D eigenvalue weighted by Crippen LogP contribution is 2.29. The van der Waals surface area contributed by atoms with Gasteiger partial charge in [-0.05, 0) is 73.9 Å². The lowest BCUT2D eigenvalue weighted by atomic mass is 10.1. The van der Waals surface area contributed by atoms with Crippen molar-refractivity contribution >= 4 is 50.7 Å². The maximum atomic E-state index is 14.0. The number of nitrogens with zero attached hydrogens (tertiary/aromatic N) is 2. The number of carbonyl (C=O) groups excluding carboxylic acids is 2. The summed E-state index contributed by atoms with van der Waals surface area (Å²) in [7, 11) is -4.13. The van der Waals surface area contributed by atoms with E-state index in [0.29, 0.717) is 34.3 Å². The third-order valence-electron chi connectivity index (χ3n) is 6.04. The van der Waals surface area contributed by atoms with Crippen molar-refractivity contribution in [3.05, 3.63) is 94.0 Å². The van der Waals surface area contributed by atoms with Gasteiger partial charge in [-0.1, -0.05) is 60.5 Å². The van der Waals surface area contributed by atoms with Gasteiger partial charge in [-0.25, -0.2) is 8.42 Å². The zero-order chi connectivity index (χ0) is 27.9. The average molecular weight is 577 g/mol. The van der Waals surface area contributed by atoms with Gasteiger partial charge in [0, 0.05) is 23.1 Å². The summed E-state index contributed by atoms with van der Waals surface area (Å²) >= 11 is 12.2. The van der Waals surface area contributed by atoms with E-state index >= 15 is 0 Å². The van der Waals surface area contributed by atoms with Crippen molar-refractivity contribution in [1.82, 2.24) is 10.2 Å². The number of aryl methyl sites for hydroxylation is 1. The van der Waals surface area contributed by atoms with E-state index in [2.05, 4.69) is 5.32 Å². The topological polar surface area (TPSA) is 86.8 Å². The summed E-state index contributed by atoms with van der Waals surface area (Å²) in [5, 5.41) is 3.77. The first-order chi connectivity index (χ1) is 18.1. The Bertz CT molecular complexity index is 1370. The van der Waals surface area contributed by atoms with Crippen molar-refractivity contribution in [3.63, 3.8) is 0 Å². The Morgan fingerprint density at radius 1 is 0.921 bits per heavy atom. The van der Waals surface area contributed by atoms with Crippen molar-refractivity contribution in [2.45, 2.75) is 44.7 Å². The van der Waals surface area contributed by atoms with Crippen LogP contribution in [0.5, 0.6) is 0 Å². The van der Waals surface area contributed by atoms with E-state index in [1.165, 1.54) is 17.0 Å². The molecule has 7 nitrogen and oxygen atoms in total. The van der Waals surface area contributed by atoms with E-state index in [1.54, 1.807) is 74.5 Å². The molecule has 10 heteroatoms. The second-order valence-corrected chi connectivity index (χ2v) is 11.5. The zero-order valence-electron chi connectivity index (χ0n) is 21.5. The Morgan fingerprint density at radius 2 is 1.55 bits per heavy atom. The van der Waals surface area contributed by atoms with Gasteiger partial charge < -0.3 is 10.2 Å². The Balaban J connectivity index is 2.08. The number of hydrogen-bond acceptors (Lipinski definition) is 4. The van der Waals surface area contributed by atoms with Gasteiger partial charge in [0.2, 0.25) is 11.8 Å². The van der Waals surface area contributed by atoms with Gasteiger partial charge in [-0.2, -0.15) is 0 Å². The van der Waals surface area contributed by atoms with Gasteiger partial charge in [0.05, 0.1) is 10.6 Å². The van der Waals surface area contributed by atoms with Crippen LogP contribution in [0.3, 0.4) is 0 Å². The summed E-state index contributed by atoms with van der Waals surface area (Å²) in [6.45, 7) is 5.33. The normalized spacial score (nSPS) is 12.0. The highest BCUT2D eigenvalue weighted by Gasteiger charge is 2.34. The van der Waals surface area contributed by atoms with Crippen LogP contribution in [0.1, 0.15) is 31.4 Å². The molecule has 0 radical (unpaired) electrons. The molecule has 3 aromatic carbocycles. The van der Waals surface area contributed by atoms with Crippen LogP contribution in [-0.2, 0) is 26.2 Å². The number of amides is 2. The van der Waals surface area contributed by atoms with E-state index in [9.17, 15) is 18.0 Å². The fourth-order valence-corrected chi connectivity index (χ4v) is 5.98. The fourth-order valence-electron chi connectivity index (χ4n) is 4.13. The van der Waals surface area contributed by atoms with Crippen molar-refractivity contribution < 1.29 is 18.0 Å². The molecule has 2 amide bonds. The summed E-state index contributed by atoms with van der Waals surface area (Å²) in [5.41, 5.74) is 1.67. The molecule has 0 spiro atoms. The summed E-state index contributed by atoms with van der Waals surface area (Å²) in [6, 6.07) is 18.9. The predicted octanol–water partition coefficient (Wildman–Crippen LogP) is 5.44. The molecule has 3 rings (SSSR count). The van der Waals surface area contributed by atoms with Crippen molar-refractivity contribution in [3.8, 4) is 0 Å². The maximum absolute atomic E-state index is 14.0. The van der Waals surface area contributed by atoms with Crippen LogP contribution in [0, 0.1) is 6.92 Å². The van der Waals surface area contributed by atoms with Crippen LogP contribution < -0.4 is 9.62 Å². The minimum atomic E-state index is -4.13. The lowest BCUT2D eigenvalue weighted by molar-refractivity contribution is -0.140. The van der Waals surface area contributed by atoms with Crippen LogP contribution in [0.4, 0.5) is 5.69 Å². The number of benzene rings is 3. The number of likely N-dealkylation sites (N-methyl/N-ethyl adjacent to an activating group) is 1. The summed E-state index contributed by atoms with van der Waals surface area (Å²) in [6.07, 6.45) is 0.344. The largest absolute Gasteiger partial charge is 0.355 e. The van der Waals surface area contributed by atoms with Gasteiger partial charge in [0.15, 0.2) is 0 Å². The summed E-state index contributed by atoms with van der Waals surface area (Å²) < 4.78 is 28.7. The quantitative estimate of drug-likeness (QED) is 0.330. The zero-order valence-corrected chi connectivity index (χ0v) is 23.9. The fraction of sp³-hybridized carbons (Fsp3) is 0.286. The number of hydrogen-bond donors (Lipinski definition) is 1. The molecule has 0 aliphatic rings. The highest BCUT2D eigenvalue weighted by atomic mass is 35.5. The smallest absolute Gasteiger partial charge is 0.264 e. The van der Waals surface area contributed by atoms with Gasteiger partial charge in [0.1, 0.15) is 12.6 Å². The molecule has 0 fully saturated rings. The third kappa shape index (κ3) is 7.07. The lowest BCUT2D eigenvalue weighted by Gasteiger charge is -2.33. The van der Waals surface area contributed by atoms with Crippen molar-refractivity contribution in [2.24, 2.45) is 0 Å². The van der Waals surface area contributed by atoms with E-state index in [0.717, 1.165) is 9.87 Å². The first kappa shape index (κ1) is 29.5. The van der Waals surface area contributed by atoms with Crippen LogP contribution in [0.15, 0.2) is 77.7 Å². The SMILES string of the molecule is CCNC(=O)[C@@H](CC)N(Cc1ccc(Cl)cc1)C(=O)CN(c1ccc(Cl)cc1C)S(=O)(=O)c1ccccc1. The van der Waals surface area contributed by atoms with Gasteiger partial charge in [-0.15, -0.1) is 0 Å². The number of nitrogens with one attached hydrogen (secondary N) is 1. The Hall–Kier alpha value is -3.07. The first-order valence-corrected chi connectivity index (χ1v) is 14.4. The number of carbonyl (C=O) groups is 2. The highest BCUT2D eigenvalue weighted by molar-refractivity contribution is 7.92. The molecule has 0 bridgehead atoms. The Morgan fingerprint density at radius 3 is 2.13 bits per heavy atom. The molecular weight excluding hydrogens is 545 g/mol. The van der Waals surface area contributed by atoms with E-state index in [-0.39, 0.29) is 17.3 Å². The second kappa shape index (κ2) is 13.1. The van der Waals surface area contributed by atoms with E-state index in [1.807, 2.05) is 6.92 Å². The number of sulfonamides is 1. The molecule has 0 saturated heterocycles. The third-order valence-corrected chi connectivity index (χ3v) is 8.30. The minimum absolute atomic E-state index is 0.0437. The van der Waals surface area contributed by atoms with Crippen LogP contribution in [0.25, 0.3) is 0 Å². The summed E-state index contributed by atoms with van der Waals surface area (Å²) in [5.74, 6) is -0.829. The number of rotatable bonds is 11. The van der Waals surface area contributed by atoms with E-state index < -0.39 is 28.5 Å². The second-order valence-electron chi connectivity index (χ2n) is 8.72. The monoisotopic (exact) mass is 575 g/mol. The molecule has 0 unspecified atom stereocenters. The Kier molecular flexibility index (Phi) is 10.2.